The Balaban J connectivity index is 1.72. The predicted octanol–water partition coefficient (Wildman–Crippen LogP) is 3.52. The molecule has 0 spiro atoms. The molecule has 0 saturated carbocycles. The summed E-state index contributed by atoms with van der Waals surface area (Å²) in [6, 6.07) is 8.58. The molecule has 1 aliphatic rings. The Morgan fingerprint density at radius 1 is 1.10 bits per heavy atom. The van der Waals surface area contributed by atoms with E-state index >= 15 is 0 Å². The summed E-state index contributed by atoms with van der Waals surface area (Å²) in [7, 11) is 0. The number of likely N-dealkylation sites (tertiary alicyclic amines) is 1. The Labute approximate surface area is 121 Å². The van der Waals surface area contributed by atoms with E-state index in [0.29, 0.717) is 0 Å². The first-order valence-electron chi connectivity index (χ1n) is 7.70. The van der Waals surface area contributed by atoms with Crippen molar-refractivity contribution in [1.82, 2.24) is 9.47 Å². The van der Waals surface area contributed by atoms with Gasteiger partial charge in [0, 0.05) is 30.2 Å². The van der Waals surface area contributed by atoms with E-state index in [9.17, 15) is 0 Å². The molecule has 3 heteroatoms. The number of ether oxygens (including phenoxy) is 1. The second kappa shape index (κ2) is 5.88. The van der Waals surface area contributed by atoms with Gasteiger partial charge in [-0.2, -0.15) is 0 Å². The summed E-state index contributed by atoms with van der Waals surface area (Å²) in [5.74, 6) is 0.963. The van der Waals surface area contributed by atoms with Gasteiger partial charge in [0.2, 0.25) is 0 Å². The molecule has 0 unspecified atom stereocenters. The molecule has 1 aromatic heterocycles. The van der Waals surface area contributed by atoms with Crippen LogP contribution in [0.15, 0.2) is 30.5 Å². The molecule has 0 bridgehead atoms. The zero-order chi connectivity index (χ0) is 13.9. The van der Waals surface area contributed by atoms with Crippen molar-refractivity contribution in [2.24, 2.45) is 0 Å². The Bertz CT molecular complexity index is 567. The lowest BCUT2D eigenvalue weighted by molar-refractivity contribution is 0.243. The van der Waals surface area contributed by atoms with Crippen molar-refractivity contribution in [3.63, 3.8) is 0 Å². The number of benzene rings is 1. The summed E-state index contributed by atoms with van der Waals surface area (Å²) >= 11 is 0. The van der Waals surface area contributed by atoms with Crippen LogP contribution in [0.4, 0.5) is 0 Å². The molecule has 1 saturated heterocycles. The number of fused-ring (bicyclic) bond motifs is 1. The number of rotatable bonds is 5. The first-order valence-corrected chi connectivity index (χ1v) is 7.70. The minimum atomic E-state index is 0.227. The lowest BCUT2D eigenvalue weighted by Crippen LogP contribution is -2.23. The fourth-order valence-electron chi connectivity index (χ4n) is 2.97. The summed E-state index contributed by atoms with van der Waals surface area (Å²) in [5, 5.41) is 1.27. The van der Waals surface area contributed by atoms with E-state index in [2.05, 4.69) is 53.8 Å². The second-order valence-corrected chi connectivity index (χ2v) is 5.95. The maximum atomic E-state index is 5.76. The lowest BCUT2D eigenvalue weighted by Gasteiger charge is -2.15. The van der Waals surface area contributed by atoms with Gasteiger partial charge in [-0.1, -0.05) is 0 Å². The predicted molar refractivity (Wildman–Crippen MR) is 83.4 cm³/mol. The van der Waals surface area contributed by atoms with Gasteiger partial charge in [-0.15, -0.1) is 0 Å². The Morgan fingerprint density at radius 3 is 2.65 bits per heavy atom. The number of hydrogen-bond donors (Lipinski definition) is 0. The third-order valence-electron chi connectivity index (χ3n) is 3.97. The molecular weight excluding hydrogens is 248 g/mol. The summed E-state index contributed by atoms with van der Waals surface area (Å²) in [6.07, 6.45) is 5.15. The van der Waals surface area contributed by atoms with Gasteiger partial charge in [0.15, 0.2) is 0 Å². The van der Waals surface area contributed by atoms with E-state index in [4.69, 9.17) is 4.74 Å². The largest absolute Gasteiger partial charge is 0.491 e. The smallest absolute Gasteiger partial charge is 0.120 e. The fourth-order valence-corrected chi connectivity index (χ4v) is 2.97. The fraction of sp³-hybridized carbons (Fsp3) is 0.529. The number of nitrogens with zero attached hydrogens (tertiary/aromatic N) is 2. The van der Waals surface area contributed by atoms with Crippen molar-refractivity contribution in [1.29, 1.82) is 0 Å². The molecule has 1 fully saturated rings. The quantitative estimate of drug-likeness (QED) is 0.828. The maximum Gasteiger partial charge on any atom is 0.120 e. The molecule has 0 radical (unpaired) electrons. The SMILES string of the molecule is CC(C)Oc1ccc2c(ccn2CCN2CCCC2)c1. The highest BCUT2D eigenvalue weighted by Crippen LogP contribution is 2.23. The molecule has 20 heavy (non-hydrogen) atoms. The maximum absolute atomic E-state index is 5.76. The highest BCUT2D eigenvalue weighted by atomic mass is 16.5. The van der Waals surface area contributed by atoms with Crippen molar-refractivity contribution in [3.05, 3.63) is 30.5 Å². The molecule has 0 N–H and O–H groups in total. The topological polar surface area (TPSA) is 17.4 Å². The highest BCUT2D eigenvalue weighted by molar-refractivity contribution is 5.81. The Kier molecular flexibility index (Phi) is 3.97. The summed E-state index contributed by atoms with van der Waals surface area (Å²) in [6.45, 7) is 8.90. The van der Waals surface area contributed by atoms with E-state index in [1.165, 1.54) is 36.8 Å². The van der Waals surface area contributed by atoms with Crippen molar-refractivity contribution in [2.45, 2.75) is 39.3 Å². The van der Waals surface area contributed by atoms with Gasteiger partial charge < -0.3 is 14.2 Å². The molecule has 108 valence electrons. The standard InChI is InChI=1S/C17H24N2O/c1-14(2)20-16-5-6-17-15(13-16)7-10-19(17)12-11-18-8-3-4-9-18/h5-7,10,13-14H,3-4,8-9,11-12H2,1-2H3. The molecule has 3 rings (SSSR count). The Hall–Kier alpha value is -1.48. The normalized spacial score (nSPS) is 16.4. The highest BCUT2D eigenvalue weighted by Gasteiger charge is 2.11. The summed E-state index contributed by atoms with van der Waals surface area (Å²) in [4.78, 5) is 2.56. The van der Waals surface area contributed by atoms with Gasteiger partial charge >= 0.3 is 0 Å². The second-order valence-electron chi connectivity index (χ2n) is 5.95. The van der Waals surface area contributed by atoms with Gasteiger partial charge in [-0.25, -0.2) is 0 Å². The van der Waals surface area contributed by atoms with Crippen molar-refractivity contribution in [3.8, 4) is 5.75 Å². The van der Waals surface area contributed by atoms with Crippen LogP contribution in [0, 0.1) is 0 Å². The van der Waals surface area contributed by atoms with Gasteiger partial charge in [-0.05, 0) is 64.0 Å². The molecule has 2 heterocycles. The van der Waals surface area contributed by atoms with Crippen molar-refractivity contribution < 1.29 is 4.74 Å². The monoisotopic (exact) mass is 272 g/mol. The van der Waals surface area contributed by atoms with E-state index in [0.717, 1.165) is 18.8 Å². The molecule has 0 aliphatic carbocycles. The minimum Gasteiger partial charge on any atom is -0.491 e. The van der Waals surface area contributed by atoms with Gasteiger partial charge in [0.1, 0.15) is 5.75 Å². The van der Waals surface area contributed by atoms with E-state index < -0.39 is 0 Å². The van der Waals surface area contributed by atoms with Crippen molar-refractivity contribution in [2.75, 3.05) is 19.6 Å². The average molecular weight is 272 g/mol. The van der Waals surface area contributed by atoms with Crippen LogP contribution in [-0.2, 0) is 6.54 Å². The molecule has 1 aromatic carbocycles. The van der Waals surface area contributed by atoms with Crippen LogP contribution in [0.3, 0.4) is 0 Å². The lowest BCUT2D eigenvalue weighted by atomic mass is 10.2. The number of hydrogen-bond acceptors (Lipinski definition) is 2. The first-order chi connectivity index (χ1) is 9.72. The van der Waals surface area contributed by atoms with E-state index in [-0.39, 0.29) is 6.10 Å². The van der Waals surface area contributed by atoms with Gasteiger partial charge in [-0.3, -0.25) is 0 Å². The van der Waals surface area contributed by atoms with Crippen LogP contribution in [0.5, 0.6) is 5.75 Å². The van der Waals surface area contributed by atoms with Crippen LogP contribution in [0.1, 0.15) is 26.7 Å². The Morgan fingerprint density at radius 2 is 1.90 bits per heavy atom. The summed E-state index contributed by atoms with van der Waals surface area (Å²) < 4.78 is 8.11. The molecular formula is C17H24N2O. The van der Waals surface area contributed by atoms with Crippen LogP contribution >= 0.6 is 0 Å². The van der Waals surface area contributed by atoms with Gasteiger partial charge in [0.25, 0.3) is 0 Å². The van der Waals surface area contributed by atoms with Crippen LogP contribution in [0.2, 0.25) is 0 Å². The van der Waals surface area contributed by atoms with Crippen LogP contribution < -0.4 is 4.74 Å². The summed E-state index contributed by atoms with van der Waals surface area (Å²) in [5.41, 5.74) is 1.31. The zero-order valence-electron chi connectivity index (χ0n) is 12.5. The molecule has 1 aliphatic heterocycles. The van der Waals surface area contributed by atoms with Crippen molar-refractivity contribution >= 4 is 10.9 Å². The van der Waals surface area contributed by atoms with Crippen LogP contribution in [-0.4, -0.2) is 35.2 Å². The third kappa shape index (κ3) is 2.98. The third-order valence-corrected chi connectivity index (χ3v) is 3.97. The molecule has 0 amide bonds. The zero-order valence-corrected chi connectivity index (χ0v) is 12.5. The minimum absolute atomic E-state index is 0.227. The van der Waals surface area contributed by atoms with Crippen LogP contribution in [0.25, 0.3) is 10.9 Å². The first kappa shape index (κ1) is 13.5. The van der Waals surface area contributed by atoms with E-state index in [1.54, 1.807) is 0 Å². The molecule has 0 atom stereocenters. The van der Waals surface area contributed by atoms with E-state index in [1.807, 2.05) is 0 Å². The molecule has 3 nitrogen and oxygen atoms in total. The molecule has 2 aromatic rings. The van der Waals surface area contributed by atoms with Gasteiger partial charge in [0.05, 0.1) is 6.10 Å². The average Bonchev–Trinajstić information content (AvgIpc) is 3.04. The number of aromatic nitrogens is 1.